The predicted molar refractivity (Wildman–Crippen MR) is 114 cm³/mol. The van der Waals surface area contributed by atoms with E-state index in [0.717, 1.165) is 29.5 Å². The zero-order valence-electron chi connectivity index (χ0n) is 16.4. The number of carbonyl (C=O) groups is 2. The summed E-state index contributed by atoms with van der Waals surface area (Å²) in [5.74, 6) is -0.113. The topological polar surface area (TPSA) is 75.4 Å². The first-order valence-electron chi connectivity index (χ1n) is 9.42. The molecule has 150 valence electrons. The SMILES string of the molecule is Cc1ccc(C(=O)N2CCC(NC(=O)C(N)c3ccc(C)cc3)CC2)cc1.Cl. The van der Waals surface area contributed by atoms with Crippen molar-refractivity contribution in [3.05, 3.63) is 70.8 Å². The van der Waals surface area contributed by atoms with Gasteiger partial charge in [-0.3, -0.25) is 9.59 Å². The molecule has 0 aliphatic carbocycles. The van der Waals surface area contributed by atoms with Crippen molar-refractivity contribution in [3.8, 4) is 0 Å². The standard InChI is InChI=1S/C22H27N3O2.ClH/c1-15-3-7-17(8-4-15)20(23)21(26)24-19-11-13-25(14-12-19)22(27)18-9-5-16(2)6-10-18;/h3-10,19-20H,11-14,23H2,1-2H3,(H,24,26);1H. The molecule has 3 rings (SSSR count). The van der Waals surface area contributed by atoms with E-state index in [1.807, 2.05) is 67.3 Å². The van der Waals surface area contributed by atoms with Crippen LogP contribution in [0.4, 0.5) is 0 Å². The molecule has 28 heavy (non-hydrogen) atoms. The summed E-state index contributed by atoms with van der Waals surface area (Å²) >= 11 is 0. The van der Waals surface area contributed by atoms with E-state index < -0.39 is 6.04 Å². The van der Waals surface area contributed by atoms with E-state index in [-0.39, 0.29) is 30.3 Å². The number of nitrogens with two attached hydrogens (primary N) is 1. The summed E-state index contributed by atoms with van der Waals surface area (Å²) < 4.78 is 0. The Bertz CT molecular complexity index is 798. The summed E-state index contributed by atoms with van der Waals surface area (Å²) in [4.78, 5) is 26.9. The molecule has 2 amide bonds. The van der Waals surface area contributed by atoms with Crippen LogP contribution in [0.15, 0.2) is 48.5 Å². The number of carbonyl (C=O) groups excluding carboxylic acids is 2. The monoisotopic (exact) mass is 401 g/mol. The summed E-state index contributed by atoms with van der Waals surface area (Å²) in [5.41, 5.74) is 9.89. The van der Waals surface area contributed by atoms with Gasteiger partial charge in [0.25, 0.3) is 5.91 Å². The largest absolute Gasteiger partial charge is 0.352 e. The van der Waals surface area contributed by atoms with Crippen LogP contribution in [0, 0.1) is 13.8 Å². The maximum Gasteiger partial charge on any atom is 0.253 e. The number of hydrogen-bond acceptors (Lipinski definition) is 3. The van der Waals surface area contributed by atoms with Gasteiger partial charge in [-0.2, -0.15) is 0 Å². The predicted octanol–water partition coefficient (Wildman–Crippen LogP) is 3.15. The van der Waals surface area contributed by atoms with Crippen molar-refractivity contribution in [3.63, 3.8) is 0 Å². The molecule has 1 aliphatic heterocycles. The van der Waals surface area contributed by atoms with E-state index in [1.165, 1.54) is 0 Å². The second kappa shape index (κ2) is 9.71. The maximum atomic E-state index is 12.6. The number of hydrogen-bond donors (Lipinski definition) is 2. The molecular weight excluding hydrogens is 374 g/mol. The van der Waals surface area contributed by atoms with E-state index >= 15 is 0 Å². The molecule has 1 atom stereocenters. The quantitative estimate of drug-likeness (QED) is 0.826. The third-order valence-electron chi connectivity index (χ3n) is 5.15. The van der Waals surface area contributed by atoms with Crippen molar-refractivity contribution in [1.82, 2.24) is 10.2 Å². The van der Waals surface area contributed by atoms with E-state index in [1.54, 1.807) is 0 Å². The molecule has 5 nitrogen and oxygen atoms in total. The van der Waals surface area contributed by atoms with Crippen LogP contribution < -0.4 is 11.1 Å². The van der Waals surface area contributed by atoms with Crippen molar-refractivity contribution < 1.29 is 9.59 Å². The highest BCUT2D eigenvalue weighted by atomic mass is 35.5. The van der Waals surface area contributed by atoms with Crippen LogP contribution in [0.5, 0.6) is 0 Å². The number of aryl methyl sites for hydroxylation is 2. The van der Waals surface area contributed by atoms with Crippen LogP contribution >= 0.6 is 12.4 Å². The van der Waals surface area contributed by atoms with Crippen LogP contribution in [0.1, 0.15) is 45.9 Å². The van der Waals surface area contributed by atoms with Crippen molar-refractivity contribution in [2.24, 2.45) is 5.73 Å². The summed E-state index contributed by atoms with van der Waals surface area (Å²) in [6, 6.07) is 14.7. The number of likely N-dealkylation sites (tertiary alicyclic amines) is 1. The van der Waals surface area contributed by atoms with Gasteiger partial charge in [-0.25, -0.2) is 0 Å². The van der Waals surface area contributed by atoms with Gasteiger partial charge >= 0.3 is 0 Å². The van der Waals surface area contributed by atoms with Crippen LogP contribution in [-0.2, 0) is 4.79 Å². The van der Waals surface area contributed by atoms with Crippen LogP contribution in [0.2, 0.25) is 0 Å². The van der Waals surface area contributed by atoms with Crippen molar-refractivity contribution in [2.45, 2.75) is 38.8 Å². The van der Waals surface area contributed by atoms with Crippen LogP contribution in [0.3, 0.4) is 0 Å². The molecule has 0 bridgehead atoms. The molecule has 3 N–H and O–H groups in total. The van der Waals surface area contributed by atoms with E-state index in [9.17, 15) is 9.59 Å². The number of halogens is 1. The number of piperidine rings is 1. The minimum absolute atomic E-state index is 0. The van der Waals surface area contributed by atoms with Gasteiger partial charge in [0.1, 0.15) is 6.04 Å². The summed E-state index contributed by atoms with van der Waals surface area (Å²) in [6.45, 7) is 5.28. The number of benzene rings is 2. The molecule has 1 heterocycles. The minimum atomic E-state index is -0.669. The van der Waals surface area contributed by atoms with Gasteiger partial charge in [-0.05, 0) is 44.4 Å². The van der Waals surface area contributed by atoms with Gasteiger partial charge in [0.2, 0.25) is 5.91 Å². The Labute approximate surface area is 172 Å². The summed E-state index contributed by atoms with van der Waals surface area (Å²) in [5, 5.41) is 3.04. The fourth-order valence-corrected chi connectivity index (χ4v) is 3.32. The molecular formula is C22H28ClN3O2. The maximum absolute atomic E-state index is 12.6. The van der Waals surface area contributed by atoms with Crippen LogP contribution in [0.25, 0.3) is 0 Å². The zero-order valence-corrected chi connectivity index (χ0v) is 17.2. The number of rotatable bonds is 4. The Morgan fingerprint density at radius 1 is 0.964 bits per heavy atom. The smallest absolute Gasteiger partial charge is 0.253 e. The first-order chi connectivity index (χ1) is 12.9. The highest BCUT2D eigenvalue weighted by Crippen LogP contribution is 2.17. The lowest BCUT2D eigenvalue weighted by Crippen LogP contribution is -2.48. The Balaban J connectivity index is 0.00000280. The second-order valence-electron chi connectivity index (χ2n) is 7.33. The van der Waals surface area contributed by atoms with Gasteiger partial charge in [0.05, 0.1) is 0 Å². The first-order valence-corrected chi connectivity index (χ1v) is 9.42. The highest BCUT2D eigenvalue weighted by Gasteiger charge is 2.26. The van der Waals surface area contributed by atoms with Gasteiger partial charge in [-0.1, -0.05) is 47.5 Å². The fourth-order valence-electron chi connectivity index (χ4n) is 3.32. The lowest BCUT2D eigenvalue weighted by Gasteiger charge is -2.33. The van der Waals surface area contributed by atoms with Gasteiger partial charge < -0.3 is 16.0 Å². The molecule has 0 radical (unpaired) electrons. The first kappa shape index (κ1) is 21.9. The molecule has 2 aromatic carbocycles. The fraction of sp³-hybridized carbons (Fsp3) is 0.364. The lowest BCUT2D eigenvalue weighted by molar-refractivity contribution is -0.123. The molecule has 0 aromatic heterocycles. The molecule has 1 saturated heterocycles. The lowest BCUT2D eigenvalue weighted by atomic mass is 10.0. The Hall–Kier alpha value is -2.37. The van der Waals surface area contributed by atoms with Gasteiger partial charge in [0, 0.05) is 24.7 Å². The van der Waals surface area contributed by atoms with E-state index in [0.29, 0.717) is 18.7 Å². The van der Waals surface area contributed by atoms with Crippen molar-refractivity contribution >= 4 is 24.2 Å². The molecule has 2 aromatic rings. The molecule has 1 aliphatic rings. The van der Waals surface area contributed by atoms with E-state index in [2.05, 4.69) is 5.32 Å². The van der Waals surface area contributed by atoms with E-state index in [4.69, 9.17) is 5.73 Å². The Morgan fingerprint density at radius 2 is 1.46 bits per heavy atom. The van der Waals surface area contributed by atoms with Gasteiger partial charge in [-0.15, -0.1) is 12.4 Å². The molecule has 1 fully saturated rings. The number of nitrogens with one attached hydrogen (secondary N) is 1. The zero-order chi connectivity index (χ0) is 19.4. The van der Waals surface area contributed by atoms with Crippen LogP contribution in [-0.4, -0.2) is 35.8 Å². The van der Waals surface area contributed by atoms with Crippen molar-refractivity contribution in [1.29, 1.82) is 0 Å². The Morgan fingerprint density at radius 3 is 2.00 bits per heavy atom. The number of amides is 2. The second-order valence-corrected chi connectivity index (χ2v) is 7.33. The van der Waals surface area contributed by atoms with Gasteiger partial charge in [0.15, 0.2) is 0 Å². The number of nitrogens with zero attached hydrogens (tertiary/aromatic N) is 1. The van der Waals surface area contributed by atoms with Crippen molar-refractivity contribution in [2.75, 3.05) is 13.1 Å². The highest BCUT2D eigenvalue weighted by molar-refractivity contribution is 5.94. The molecule has 6 heteroatoms. The molecule has 0 saturated carbocycles. The molecule has 0 spiro atoms. The molecule has 1 unspecified atom stereocenters. The Kier molecular flexibility index (Phi) is 7.61. The summed E-state index contributed by atoms with van der Waals surface area (Å²) in [6.07, 6.45) is 1.48. The third kappa shape index (κ3) is 5.33. The average molecular weight is 402 g/mol. The minimum Gasteiger partial charge on any atom is -0.352 e. The third-order valence-corrected chi connectivity index (χ3v) is 5.15. The summed E-state index contributed by atoms with van der Waals surface area (Å²) in [7, 11) is 0. The normalized spacial score (nSPS) is 15.5. The average Bonchev–Trinajstić information content (AvgIpc) is 2.68.